The Balaban J connectivity index is 4.16. The Bertz CT molecular complexity index is 271. The third-order valence-electron chi connectivity index (χ3n) is 1.52. The van der Waals surface area contributed by atoms with Crippen molar-refractivity contribution >= 4 is 21.6 Å². The van der Waals surface area contributed by atoms with Gasteiger partial charge >= 0.3 is 0 Å². The molecule has 0 aliphatic heterocycles. The lowest BCUT2D eigenvalue weighted by Gasteiger charge is -2.12. The summed E-state index contributed by atoms with van der Waals surface area (Å²) in [5.41, 5.74) is 0. The van der Waals surface area contributed by atoms with Gasteiger partial charge < -0.3 is 0 Å². The van der Waals surface area contributed by atoms with E-state index in [1.54, 1.807) is 0 Å². The second-order valence-corrected chi connectivity index (χ2v) is 4.84. The molecule has 0 heterocycles. The molecule has 0 aromatic rings. The van der Waals surface area contributed by atoms with E-state index in [4.69, 9.17) is 16.9 Å². The second kappa shape index (κ2) is 6.19. The van der Waals surface area contributed by atoms with Gasteiger partial charge in [0.25, 0.3) is 0 Å². The van der Waals surface area contributed by atoms with Crippen molar-refractivity contribution < 1.29 is 8.42 Å². The van der Waals surface area contributed by atoms with Crippen LogP contribution in [0.3, 0.4) is 0 Å². The fourth-order valence-corrected chi connectivity index (χ4v) is 2.48. The van der Waals surface area contributed by atoms with Gasteiger partial charge in [-0.25, -0.2) is 13.1 Å². The molecule has 0 bridgehead atoms. The summed E-state index contributed by atoms with van der Waals surface area (Å²) in [4.78, 5) is 0. The lowest BCUT2D eigenvalue weighted by atomic mass is 10.2. The highest BCUT2D eigenvalue weighted by Crippen LogP contribution is 1.99. The molecule has 76 valence electrons. The molecule has 1 N–H and O–H groups in total. The molecule has 0 aliphatic carbocycles. The van der Waals surface area contributed by atoms with Crippen LogP contribution in [0.15, 0.2) is 0 Å². The molecule has 4 nitrogen and oxygen atoms in total. The van der Waals surface area contributed by atoms with Crippen LogP contribution in [0.4, 0.5) is 0 Å². The second-order valence-electron chi connectivity index (χ2n) is 2.59. The normalized spacial score (nSPS) is 13.6. The Morgan fingerprint density at radius 2 is 2.23 bits per heavy atom. The maximum absolute atomic E-state index is 11.2. The molecular weight excluding hydrogens is 212 g/mol. The van der Waals surface area contributed by atoms with E-state index in [9.17, 15) is 8.42 Å². The predicted octanol–water partition coefficient (Wildman–Crippen LogP) is 0.837. The highest BCUT2D eigenvalue weighted by Gasteiger charge is 2.15. The van der Waals surface area contributed by atoms with Crippen LogP contribution in [0.1, 0.15) is 19.8 Å². The van der Waals surface area contributed by atoms with E-state index in [0.717, 1.165) is 0 Å². The van der Waals surface area contributed by atoms with E-state index in [1.165, 1.54) is 0 Å². The first-order valence-electron chi connectivity index (χ1n) is 3.98. The number of alkyl halides is 1. The minimum absolute atomic E-state index is 0.0678. The van der Waals surface area contributed by atoms with Crippen LogP contribution in [0.5, 0.6) is 0 Å². The smallest absolute Gasteiger partial charge is 0.212 e. The van der Waals surface area contributed by atoms with Gasteiger partial charge in [-0.3, -0.25) is 0 Å². The maximum atomic E-state index is 11.2. The van der Waals surface area contributed by atoms with Crippen molar-refractivity contribution in [1.82, 2.24) is 4.72 Å². The summed E-state index contributed by atoms with van der Waals surface area (Å²) in [6.07, 6.45) is 0.799. The van der Waals surface area contributed by atoms with Crippen molar-refractivity contribution in [1.29, 1.82) is 5.26 Å². The fraction of sp³-hybridized carbons (Fsp3) is 0.857. The van der Waals surface area contributed by atoms with Crippen molar-refractivity contribution in [2.75, 3.05) is 11.6 Å². The number of nitrogens with zero attached hydrogens (tertiary/aromatic N) is 1. The van der Waals surface area contributed by atoms with Gasteiger partial charge in [0, 0.05) is 11.9 Å². The zero-order valence-electron chi connectivity index (χ0n) is 7.46. The van der Waals surface area contributed by atoms with Crippen LogP contribution in [0.25, 0.3) is 0 Å². The lowest BCUT2D eigenvalue weighted by molar-refractivity contribution is 0.544. The van der Waals surface area contributed by atoms with Crippen molar-refractivity contribution in [3.05, 3.63) is 0 Å². The molecule has 0 spiro atoms. The molecule has 0 rings (SSSR count). The van der Waals surface area contributed by atoms with Crippen LogP contribution >= 0.6 is 11.6 Å². The van der Waals surface area contributed by atoms with Crippen molar-refractivity contribution in [3.8, 4) is 6.07 Å². The largest absolute Gasteiger partial charge is 0.213 e. The molecule has 6 heteroatoms. The van der Waals surface area contributed by atoms with Crippen LogP contribution in [-0.2, 0) is 10.0 Å². The first-order valence-corrected chi connectivity index (χ1v) is 6.17. The molecule has 0 aromatic carbocycles. The number of halogens is 1. The van der Waals surface area contributed by atoms with Gasteiger partial charge in [0.05, 0.1) is 18.2 Å². The Morgan fingerprint density at radius 3 is 2.62 bits per heavy atom. The number of rotatable bonds is 6. The number of hydrogen-bond donors (Lipinski definition) is 1. The zero-order chi connectivity index (χ0) is 10.3. The van der Waals surface area contributed by atoms with Gasteiger partial charge in [0.1, 0.15) is 0 Å². The Hall–Kier alpha value is -0.310. The number of nitrogens with one attached hydrogen (secondary N) is 1. The van der Waals surface area contributed by atoms with E-state index >= 15 is 0 Å². The number of sulfonamides is 1. The minimum atomic E-state index is -3.30. The van der Waals surface area contributed by atoms with Gasteiger partial charge in [-0.2, -0.15) is 5.26 Å². The molecule has 0 saturated heterocycles. The Kier molecular flexibility index (Phi) is 6.04. The topological polar surface area (TPSA) is 70.0 Å². The van der Waals surface area contributed by atoms with Gasteiger partial charge in [-0.05, 0) is 6.42 Å². The van der Waals surface area contributed by atoms with E-state index < -0.39 is 10.0 Å². The van der Waals surface area contributed by atoms with E-state index in [-0.39, 0.29) is 24.1 Å². The van der Waals surface area contributed by atoms with Crippen LogP contribution in [0.2, 0.25) is 0 Å². The Morgan fingerprint density at radius 1 is 1.62 bits per heavy atom. The monoisotopic (exact) mass is 224 g/mol. The molecule has 1 atom stereocenters. The fourth-order valence-electron chi connectivity index (χ4n) is 0.794. The molecule has 0 aliphatic rings. The number of nitriles is 1. The first-order chi connectivity index (χ1) is 6.05. The highest BCUT2D eigenvalue weighted by atomic mass is 35.5. The third kappa shape index (κ3) is 5.86. The van der Waals surface area contributed by atoms with Crippen LogP contribution < -0.4 is 4.72 Å². The summed E-state index contributed by atoms with van der Waals surface area (Å²) in [5, 5.41) is 8.38. The van der Waals surface area contributed by atoms with Crippen molar-refractivity contribution in [2.24, 2.45) is 0 Å². The summed E-state index contributed by atoms with van der Waals surface area (Å²) in [7, 11) is -3.30. The summed E-state index contributed by atoms with van der Waals surface area (Å²) in [6.45, 7) is 1.82. The molecule has 13 heavy (non-hydrogen) atoms. The molecule has 0 aromatic heterocycles. The summed E-state index contributed by atoms with van der Waals surface area (Å²) < 4.78 is 24.7. The molecule has 0 fully saturated rings. The highest BCUT2D eigenvalue weighted by molar-refractivity contribution is 7.89. The summed E-state index contributed by atoms with van der Waals surface area (Å²) in [6, 6.07) is 1.63. The first kappa shape index (κ1) is 12.7. The van der Waals surface area contributed by atoms with Gasteiger partial charge in [0.15, 0.2) is 0 Å². The summed E-state index contributed by atoms with van der Waals surface area (Å²) in [5.74, 6) is -0.0329. The van der Waals surface area contributed by atoms with Crippen LogP contribution in [0, 0.1) is 11.3 Å². The van der Waals surface area contributed by atoms with Gasteiger partial charge in [-0.15, -0.1) is 11.6 Å². The average molecular weight is 225 g/mol. The van der Waals surface area contributed by atoms with Crippen molar-refractivity contribution in [2.45, 2.75) is 25.8 Å². The zero-order valence-corrected chi connectivity index (χ0v) is 9.03. The maximum Gasteiger partial charge on any atom is 0.213 e. The van der Waals surface area contributed by atoms with E-state index in [0.29, 0.717) is 6.42 Å². The predicted molar refractivity (Wildman–Crippen MR) is 52.0 cm³/mol. The van der Waals surface area contributed by atoms with E-state index in [2.05, 4.69) is 4.72 Å². The molecule has 0 saturated carbocycles. The average Bonchev–Trinajstić information content (AvgIpc) is 2.03. The van der Waals surface area contributed by atoms with Crippen molar-refractivity contribution in [3.63, 3.8) is 0 Å². The molecule has 0 amide bonds. The van der Waals surface area contributed by atoms with Crippen LogP contribution in [-0.4, -0.2) is 26.1 Å². The quantitative estimate of drug-likeness (QED) is 0.680. The summed E-state index contributed by atoms with van der Waals surface area (Å²) >= 11 is 5.31. The van der Waals surface area contributed by atoms with Gasteiger partial charge in [0.2, 0.25) is 10.0 Å². The standard InChI is InChI=1S/C7H13ClN2O2S/c1-2-7(3-5-9)10-13(11,12)6-4-8/h7,10H,2-4,6H2,1H3. The number of hydrogen-bond acceptors (Lipinski definition) is 3. The molecule has 0 radical (unpaired) electrons. The Labute approximate surface area is 83.9 Å². The molecule has 1 unspecified atom stereocenters. The van der Waals surface area contributed by atoms with E-state index in [1.807, 2.05) is 13.0 Å². The SMILES string of the molecule is CCC(CC#N)NS(=O)(=O)CCCl. The minimum Gasteiger partial charge on any atom is -0.212 e. The van der Waals surface area contributed by atoms with Gasteiger partial charge in [-0.1, -0.05) is 6.92 Å². The molecular formula is C7H13ClN2O2S. The lowest BCUT2D eigenvalue weighted by Crippen LogP contribution is -2.36. The third-order valence-corrected chi connectivity index (χ3v) is 3.37.